The van der Waals surface area contributed by atoms with Gasteiger partial charge in [0.25, 0.3) is 0 Å². The minimum Gasteiger partial charge on any atom is -0.451 e. The number of carbonyl (C=O) groups is 1. The summed E-state index contributed by atoms with van der Waals surface area (Å²) in [4.78, 5) is 15.5. The van der Waals surface area contributed by atoms with Gasteiger partial charge in [-0.05, 0) is 59.0 Å². The first-order valence-electron chi connectivity index (χ1n) is 4.63. The summed E-state index contributed by atoms with van der Waals surface area (Å²) < 4.78 is 6.10. The van der Waals surface area contributed by atoms with Crippen LogP contribution in [0.2, 0.25) is 0 Å². The van der Waals surface area contributed by atoms with Crippen LogP contribution in [0.15, 0.2) is 47.2 Å². The van der Waals surface area contributed by atoms with E-state index >= 15 is 0 Å². The highest BCUT2D eigenvalue weighted by Crippen LogP contribution is 2.12. The highest BCUT2D eigenvalue weighted by Gasteiger charge is 2.00. The van der Waals surface area contributed by atoms with E-state index in [4.69, 9.17) is 4.42 Å². The van der Waals surface area contributed by atoms with Gasteiger partial charge in [-0.25, -0.2) is 0 Å². The summed E-state index contributed by atoms with van der Waals surface area (Å²) >= 11 is 2.08. The quantitative estimate of drug-likeness (QED) is 0.495. The van der Waals surface area contributed by atoms with Gasteiger partial charge in [0.05, 0.1) is 0 Å². The summed E-state index contributed by atoms with van der Waals surface area (Å²) in [6.07, 6.45) is 6.34. The molecule has 80 valence electrons. The molecule has 0 aliphatic rings. The number of allylic oxidation sites excluding steroid dienone is 1. The van der Waals surface area contributed by atoms with E-state index in [-0.39, 0.29) is 5.78 Å². The standard InChI is InChI=1S/C12H8INO2/c13-12-4-2-10(16-12)1-3-11(15)9-5-7-14-8-6-9/h1-8H/b3-1+. The molecule has 4 heteroatoms. The van der Waals surface area contributed by atoms with Crippen LogP contribution in [0.4, 0.5) is 0 Å². The number of nitrogens with zero attached hydrogens (tertiary/aromatic N) is 1. The van der Waals surface area contributed by atoms with E-state index in [1.54, 1.807) is 30.6 Å². The van der Waals surface area contributed by atoms with Gasteiger partial charge >= 0.3 is 0 Å². The van der Waals surface area contributed by atoms with Crippen molar-refractivity contribution in [2.45, 2.75) is 0 Å². The molecule has 0 aliphatic heterocycles. The number of hydrogen-bond donors (Lipinski definition) is 0. The van der Waals surface area contributed by atoms with Crippen LogP contribution in [0.1, 0.15) is 16.1 Å². The van der Waals surface area contributed by atoms with Crippen molar-refractivity contribution >= 4 is 34.5 Å². The Kier molecular flexibility index (Phi) is 3.51. The minimum atomic E-state index is -0.0613. The average molecular weight is 325 g/mol. The molecule has 2 heterocycles. The average Bonchev–Trinajstić information content (AvgIpc) is 2.73. The van der Waals surface area contributed by atoms with E-state index in [9.17, 15) is 4.79 Å². The van der Waals surface area contributed by atoms with E-state index in [1.165, 1.54) is 6.08 Å². The van der Waals surface area contributed by atoms with Gasteiger partial charge in [-0.15, -0.1) is 0 Å². The predicted molar refractivity (Wildman–Crippen MR) is 69.0 cm³/mol. The molecule has 0 fully saturated rings. The Bertz CT molecular complexity index is 517. The topological polar surface area (TPSA) is 43.1 Å². The largest absolute Gasteiger partial charge is 0.451 e. The molecule has 0 aliphatic carbocycles. The number of halogens is 1. The highest BCUT2D eigenvalue weighted by atomic mass is 127. The lowest BCUT2D eigenvalue weighted by Crippen LogP contribution is -1.93. The Morgan fingerprint density at radius 2 is 2.00 bits per heavy atom. The molecule has 0 spiro atoms. The summed E-state index contributed by atoms with van der Waals surface area (Å²) in [6, 6.07) is 7.02. The van der Waals surface area contributed by atoms with Crippen molar-refractivity contribution in [2.24, 2.45) is 0 Å². The fourth-order valence-electron chi connectivity index (χ4n) is 1.19. The Morgan fingerprint density at radius 1 is 1.25 bits per heavy atom. The van der Waals surface area contributed by atoms with Gasteiger partial charge in [0.1, 0.15) is 5.76 Å². The van der Waals surface area contributed by atoms with Crippen molar-refractivity contribution in [2.75, 3.05) is 0 Å². The number of aromatic nitrogens is 1. The van der Waals surface area contributed by atoms with E-state index in [0.717, 1.165) is 3.77 Å². The van der Waals surface area contributed by atoms with Crippen LogP contribution < -0.4 is 0 Å². The molecule has 2 aromatic rings. The van der Waals surface area contributed by atoms with Crippen LogP contribution in [0.5, 0.6) is 0 Å². The van der Waals surface area contributed by atoms with Crippen LogP contribution in [-0.2, 0) is 0 Å². The molecule has 0 radical (unpaired) electrons. The molecule has 0 bridgehead atoms. The van der Waals surface area contributed by atoms with Gasteiger partial charge in [0, 0.05) is 18.0 Å². The first-order chi connectivity index (χ1) is 7.75. The van der Waals surface area contributed by atoms with Crippen molar-refractivity contribution in [1.82, 2.24) is 4.98 Å². The predicted octanol–water partition coefficient (Wildman–Crippen LogP) is 3.18. The zero-order valence-corrected chi connectivity index (χ0v) is 10.4. The fourth-order valence-corrected chi connectivity index (χ4v) is 1.62. The molecule has 2 aromatic heterocycles. The van der Waals surface area contributed by atoms with Crippen LogP contribution >= 0.6 is 22.6 Å². The Morgan fingerprint density at radius 3 is 2.62 bits per heavy atom. The Hall–Kier alpha value is -1.43. The highest BCUT2D eigenvalue weighted by molar-refractivity contribution is 14.1. The maximum Gasteiger partial charge on any atom is 0.186 e. The maximum absolute atomic E-state index is 11.7. The van der Waals surface area contributed by atoms with Crippen molar-refractivity contribution < 1.29 is 9.21 Å². The minimum absolute atomic E-state index is 0.0613. The van der Waals surface area contributed by atoms with Crippen LogP contribution in [-0.4, -0.2) is 10.8 Å². The van der Waals surface area contributed by atoms with Gasteiger partial charge in [0.2, 0.25) is 0 Å². The second-order valence-electron chi connectivity index (χ2n) is 3.08. The second kappa shape index (κ2) is 5.07. The maximum atomic E-state index is 11.7. The smallest absolute Gasteiger partial charge is 0.186 e. The van der Waals surface area contributed by atoms with Gasteiger partial charge in [-0.1, -0.05) is 0 Å². The fraction of sp³-hybridized carbons (Fsp3) is 0. The van der Waals surface area contributed by atoms with Gasteiger partial charge in [-0.3, -0.25) is 9.78 Å². The number of rotatable bonds is 3. The van der Waals surface area contributed by atoms with Crippen LogP contribution in [0.25, 0.3) is 6.08 Å². The second-order valence-corrected chi connectivity index (χ2v) is 4.14. The molecule has 0 saturated heterocycles. The van der Waals surface area contributed by atoms with Crippen molar-refractivity contribution in [1.29, 1.82) is 0 Å². The SMILES string of the molecule is O=C(/C=C/c1ccc(I)o1)c1ccncc1. The van der Waals surface area contributed by atoms with Gasteiger partial charge < -0.3 is 4.42 Å². The third-order valence-corrected chi connectivity index (χ3v) is 2.54. The molecule has 0 unspecified atom stereocenters. The summed E-state index contributed by atoms with van der Waals surface area (Å²) in [6.45, 7) is 0. The zero-order valence-electron chi connectivity index (χ0n) is 8.26. The lowest BCUT2D eigenvalue weighted by Gasteiger charge is -1.92. The molecule has 0 saturated carbocycles. The summed E-state index contributed by atoms with van der Waals surface area (Å²) in [7, 11) is 0. The molecular formula is C12H8INO2. The van der Waals surface area contributed by atoms with Crippen molar-refractivity contribution in [3.05, 3.63) is 57.8 Å². The Labute approximate surface area is 106 Å². The number of pyridine rings is 1. The molecule has 0 N–H and O–H groups in total. The number of furan rings is 1. The lowest BCUT2D eigenvalue weighted by molar-refractivity contribution is 0.104. The lowest BCUT2D eigenvalue weighted by atomic mass is 10.1. The molecular weight excluding hydrogens is 317 g/mol. The molecule has 0 aromatic carbocycles. The van der Waals surface area contributed by atoms with E-state index in [0.29, 0.717) is 11.3 Å². The van der Waals surface area contributed by atoms with Gasteiger partial charge in [-0.2, -0.15) is 0 Å². The van der Waals surface area contributed by atoms with Gasteiger partial charge in [0.15, 0.2) is 9.55 Å². The zero-order chi connectivity index (χ0) is 11.4. The molecule has 3 nitrogen and oxygen atoms in total. The third-order valence-electron chi connectivity index (χ3n) is 1.96. The van der Waals surface area contributed by atoms with E-state index in [1.807, 2.05) is 12.1 Å². The van der Waals surface area contributed by atoms with E-state index in [2.05, 4.69) is 27.6 Å². The molecule has 0 amide bonds. The summed E-state index contributed by atoms with van der Waals surface area (Å²) in [5.74, 6) is 0.612. The monoisotopic (exact) mass is 325 g/mol. The summed E-state index contributed by atoms with van der Waals surface area (Å²) in [5, 5.41) is 0. The van der Waals surface area contributed by atoms with Crippen LogP contribution in [0.3, 0.4) is 0 Å². The number of ketones is 1. The Balaban J connectivity index is 2.11. The number of hydrogen-bond acceptors (Lipinski definition) is 3. The third kappa shape index (κ3) is 2.79. The van der Waals surface area contributed by atoms with Crippen LogP contribution in [0, 0.1) is 3.77 Å². The molecule has 16 heavy (non-hydrogen) atoms. The van der Waals surface area contributed by atoms with Crippen molar-refractivity contribution in [3.8, 4) is 0 Å². The first-order valence-corrected chi connectivity index (χ1v) is 5.71. The molecule has 2 rings (SSSR count). The van der Waals surface area contributed by atoms with Crippen molar-refractivity contribution in [3.63, 3.8) is 0 Å². The van der Waals surface area contributed by atoms with E-state index < -0.39 is 0 Å². The summed E-state index contributed by atoms with van der Waals surface area (Å²) in [5.41, 5.74) is 0.618. The number of carbonyl (C=O) groups excluding carboxylic acids is 1. The molecule has 0 atom stereocenters. The first kappa shape index (κ1) is 11.1. The normalized spacial score (nSPS) is 10.8.